The molecule has 1 aromatic rings. The van der Waals surface area contributed by atoms with Gasteiger partial charge in [-0.25, -0.2) is 0 Å². The molecule has 0 saturated heterocycles. The zero-order valence-electron chi connectivity index (χ0n) is 9.66. The van der Waals surface area contributed by atoms with Crippen LogP contribution in [0.4, 0.5) is 5.69 Å². The standard InChI is InChI=1S/C10H18N4O/c1-5-8-9(6-14(4)13-8)12-10(15)7(2)11-3/h6-7,11H,5H2,1-4H3,(H,12,15). The van der Waals surface area contributed by atoms with Gasteiger partial charge in [-0.1, -0.05) is 6.92 Å². The molecule has 1 aromatic heterocycles. The topological polar surface area (TPSA) is 59.0 Å². The summed E-state index contributed by atoms with van der Waals surface area (Å²) in [5.41, 5.74) is 1.71. The molecule has 1 amide bonds. The average molecular weight is 210 g/mol. The molecule has 0 aromatic carbocycles. The molecule has 84 valence electrons. The summed E-state index contributed by atoms with van der Waals surface area (Å²) in [4.78, 5) is 11.6. The number of aryl methyl sites for hydroxylation is 2. The number of hydrogen-bond acceptors (Lipinski definition) is 3. The summed E-state index contributed by atoms with van der Waals surface area (Å²) in [6, 6.07) is -0.199. The molecule has 1 heterocycles. The number of carbonyl (C=O) groups excluding carboxylic acids is 1. The Morgan fingerprint density at radius 3 is 2.87 bits per heavy atom. The maximum Gasteiger partial charge on any atom is 0.241 e. The molecule has 0 aliphatic carbocycles. The Morgan fingerprint density at radius 1 is 1.67 bits per heavy atom. The molecule has 0 aliphatic heterocycles. The highest BCUT2D eigenvalue weighted by molar-refractivity contribution is 5.94. The number of carbonyl (C=O) groups is 1. The maximum absolute atomic E-state index is 11.6. The third-order valence-corrected chi connectivity index (χ3v) is 2.32. The number of rotatable bonds is 4. The first-order valence-corrected chi connectivity index (χ1v) is 5.09. The van der Waals surface area contributed by atoms with Crippen molar-refractivity contribution in [3.8, 4) is 0 Å². The quantitative estimate of drug-likeness (QED) is 0.762. The van der Waals surface area contributed by atoms with E-state index in [9.17, 15) is 4.79 Å². The summed E-state index contributed by atoms with van der Waals surface area (Å²) in [6.45, 7) is 3.83. The SMILES string of the molecule is CCc1nn(C)cc1NC(=O)C(C)NC. The van der Waals surface area contributed by atoms with Crippen LogP contribution in [0.1, 0.15) is 19.5 Å². The first kappa shape index (κ1) is 11.7. The van der Waals surface area contributed by atoms with Crippen molar-refractivity contribution in [3.05, 3.63) is 11.9 Å². The normalized spacial score (nSPS) is 12.5. The number of likely N-dealkylation sites (N-methyl/N-ethyl adjacent to an activating group) is 1. The molecule has 5 nitrogen and oxygen atoms in total. The summed E-state index contributed by atoms with van der Waals surface area (Å²) < 4.78 is 1.71. The number of hydrogen-bond donors (Lipinski definition) is 2. The fourth-order valence-electron chi connectivity index (χ4n) is 1.27. The van der Waals surface area contributed by atoms with Gasteiger partial charge in [0.2, 0.25) is 5.91 Å². The zero-order chi connectivity index (χ0) is 11.4. The van der Waals surface area contributed by atoms with E-state index in [0.717, 1.165) is 17.8 Å². The van der Waals surface area contributed by atoms with Gasteiger partial charge in [0.05, 0.1) is 17.4 Å². The summed E-state index contributed by atoms with van der Waals surface area (Å²) in [7, 11) is 3.60. The predicted molar refractivity (Wildman–Crippen MR) is 59.7 cm³/mol. The van der Waals surface area contributed by atoms with E-state index in [2.05, 4.69) is 15.7 Å². The van der Waals surface area contributed by atoms with E-state index in [1.807, 2.05) is 27.1 Å². The molecule has 1 unspecified atom stereocenters. The van der Waals surface area contributed by atoms with Crippen molar-refractivity contribution < 1.29 is 4.79 Å². The minimum atomic E-state index is -0.199. The highest BCUT2D eigenvalue weighted by Gasteiger charge is 2.13. The Labute approximate surface area is 89.9 Å². The third kappa shape index (κ3) is 2.79. The van der Waals surface area contributed by atoms with Crippen LogP contribution in [0.2, 0.25) is 0 Å². The van der Waals surface area contributed by atoms with Gasteiger partial charge in [-0.15, -0.1) is 0 Å². The van der Waals surface area contributed by atoms with Crippen molar-refractivity contribution in [3.63, 3.8) is 0 Å². The molecule has 0 radical (unpaired) electrons. The van der Waals surface area contributed by atoms with Gasteiger partial charge in [0, 0.05) is 13.2 Å². The summed E-state index contributed by atoms with van der Waals surface area (Å²) in [6.07, 6.45) is 2.63. The van der Waals surface area contributed by atoms with Crippen LogP contribution in [-0.4, -0.2) is 28.8 Å². The van der Waals surface area contributed by atoms with Gasteiger partial charge in [0.15, 0.2) is 0 Å². The van der Waals surface area contributed by atoms with Gasteiger partial charge in [0.1, 0.15) is 0 Å². The summed E-state index contributed by atoms with van der Waals surface area (Å²) >= 11 is 0. The number of aromatic nitrogens is 2. The summed E-state index contributed by atoms with van der Waals surface area (Å²) in [5, 5.41) is 9.99. The van der Waals surface area contributed by atoms with E-state index in [4.69, 9.17) is 0 Å². The van der Waals surface area contributed by atoms with Gasteiger partial charge >= 0.3 is 0 Å². The van der Waals surface area contributed by atoms with Crippen LogP contribution in [0.15, 0.2) is 6.20 Å². The molecule has 15 heavy (non-hydrogen) atoms. The fraction of sp³-hybridized carbons (Fsp3) is 0.600. The molecule has 0 aliphatic rings. The molecule has 1 atom stereocenters. The number of nitrogens with zero attached hydrogens (tertiary/aromatic N) is 2. The van der Waals surface area contributed by atoms with Crippen molar-refractivity contribution in [1.29, 1.82) is 0 Å². The lowest BCUT2D eigenvalue weighted by Gasteiger charge is -2.10. The van der Waals surface area contributed by atoms with Crippen LogP contribution in [-0.2, 0) is 18.3 Å². The molecule has 1 rings (SSSR count). The van der Waals surface area contributed by atoms with Crippen molar-refractivity contribution in [1.82, 2.24) is 15.1 Å². The molecule has 5 heteroatoms. The summed E-state index contributed by atoms with van der Waals surface area (Å²) in [5.74, 6) is -0.0415. The molecular weight excluding hydrogens is 192 g/mol. The first-order chi connectivity index (χ1) is 7.08. The maximum atomic E-state index is 11.6. The molecular formula is C10H18N4O. The second kappa shape index (κ2) is 4.93. The zero-order valence-corrected chi connectivity index (χ0v) is 9.66. The fourth-order valence-corrected chi connectivity index (χ4v) is 1.27. The lowest BCUT2D eigenvalue weighted by molar-refractivity contribution is -0.117. The monoisotopic (exact) mass is 210 g/mol. The highest BCUT2D eigenvalue weighted by atomic mass is 16.2. The van der Waals surface area contributed by atoms with E-state index >= 15 is 0 Å². The van der Waals surface area contributed by atoms with Crippen LogP contribution in [0.25, 0.3) is 0 Å². The number of anilines is 1. The largest absolute Gasteiger partial charge is 0.322 e. The van der Waals surface area contributed by atoms with Gasteiger partial charge in [-0.05, 0) is 20.4 Å². The highest BCUT2D eigenvalue weighted by Crippen LogP contribution is 2.13. The van der Waals surface area contributed by atoms with Crippen molar-refractivity contribution >= 4 is 11.6 Å². The average Bonchev–Trinajstić information content (AvgIpc) is 2.57. The van der Waals surface area contributed by atoms with Gasteiger partial charge in [-0.2, -0.15) is 5.10 Å². The van der Waals surface area contributed by atoms with Gasteiger partial charge in [0.25, 0.3) is 0 Å². The van der Waals surface area contributed by atoms with Crippen molar-refractivity contribution in [2.45, 2.75) is 26.3 Å². The Kier molecular flexibility index (Phi) is 3.85. The van der Waals surface area contributed by atoms with E-state index in [1.54, 1.807) is 11.7 Å². The second-order valence-corrected chi connectivity index (χ2v) is 3.52. The number of amides is 1. The van der Waals surface area contributed by atoms with Crippen LogP contribution in [0.5, 0.6) is 0 Å². The minimum absolute atomic E-state index is 0.0415. The molecule has 0 fully saturated rings. The first-order valence-electron chi connectivity index (χ1n) is 5.09. The predicted octanol–water partition coefficient (Wildman–Crippen LogP) is 0.529. The van der Waals surface area contributed by atoms with Crippen molar-refractivity contribution in [2.75, 3.05) is 12.4 Å². The molecule has 2 N–H and O–H groups in total. The van der Waals surface area contributed by atoms with E-state index in [0.29, 0.717) is 0 Å². The van der Waals surface area contributed by atoms with Crippen LogP contribution < -0.4 is 10.6 Å². The molecule has 0 spiro atoms. The van der Waals surface area contributed by atoms with Gasteiger partial charge < -0.3 is 10.6 Å². The smallest absolute Gasteiger partial charge is 0.241 e. The lowest BCUT2D eigenvalue weighted by atomic mass is 10.2. The Bertz CT molecular complexity index is 345. The number of nitrogens with one attached hydrogen (secondary N) is 2. The third-order valence-electron chi connectivity index (χ3n) is 2.32. The Balaban J connectivity index is 2.75. The van der Waals surface area contributed by atoms with E-state index < -0.39 is 0 Å². The van der Waals surface area contributed by atoms with E-state index in [-0.39, 0.29) is 11.9 Å². The molecule has 0 saturated carbocycles. The van der Waals surface area contributed by atoms with Crippen LogP contribution in [0.3, 0.4) is 0 Å². The Hall–Kier alpha value is -1.36. The molecule has 0 bridgehead atoms. The lowest BCUT2D eigenvalue weighted by Crippen LogP contribution is -2.35. The van der Waals surface area contributed by atoms with Crippen molar-refractivity contribution in [2.24, 2.45) is 7.05 Å². The van der Waals surface area contributed by atoms with E-state index in [1.165, 1.54) is 0 Å². The van der Waals surface area contributed by atoms with Crippen LogP contribution >= 0.6 is 0 Å². The minimum Gasteiger partial charge on any atom is -0.322 e. The Morgan fingerprint density at radius 2 is 2.33 bits per heavy atom. The van der Waals surface area contributed by atoms with Gasteiger partial charge in [-0.3, -0.25) is 9.48 Å². The second-order valence-electron chi connectivity index (χ2n) is 3.52. The van der Waals surface area contributed by atoms with Crippen LogP contribution in [0, 0.1) is 0 Å².